The molecular formula is C15H26BNO3. The molecule has 112 valence electrons. The van der Waals surface area contributed by atoms with Gasteiger partial charge in [-0.25, -0.2) is 0 Å². The van der Waals surface area contributed by atoms with Gasteiger partial charge in [0.2, 0.25) is 0 Å². The van der Waals surface area contributed by atoms with E-state index in [1.165, 1.54) is 0 Å². The molecule has 1 aliphatic rings. The second kappa shape index (κ2) is 6.06. The highest BCUT2D eigenvalue weighted by atomic mass is 16.7. The Bertz CT molecular complexity index is 444. The molecule has 0 unspecified atom stereocenters. The van der Waals surface area contributed by atoms with E-state index in [9.17, 15) is 0 Å². The monoisotopic (exact) mass is 279 g/mol. The van der Waals surface area contributed by atoms with Gasteiger partial charge in [-0.05, 0) is 33.8 Å². The van der Waals surface area contributed by atoms with Crippen LogP contribution in [-0.4, -0.2) is 25.4 Å². The third kappa shape index (κ3) is 2.94. The zero-order valence-electron chi connectivity index (χ0n) is 13.6. The summed E-state index contributed by atoms with van der Waals surface area (Å²) in [6.45, 7) is 12.1. The van der Waals surface area contributed by atoms with Crippen LogP contribution in [0.2, 0.25) is 0 Å². The Morgan fingerprint density at radius 1 is 1.05 bits per heavy atom. The maximum Gasteiger partial charge on any atom is 0.498 e. The maximum atomic E-state index is 5.99. The lowest BCUT2D eigenvalue weighted by molar-refractivity contribution is 0.00578. The number of methoxy groups -OCH3 is 1. The summed E-state index contributed by atoms with van der Waals surface area (Å²) < 4.78 is 17.3. The molecule has 5 heteroatoms. The third-order valence-corrected chi connectivity index (χ3v) is 3.79. The molecule has 4 nitrogen and oxygen atoms in total. The molecule has 2 N–H and O–H groups in total. The Balaban J connectivity index is 0.000000956. The van der Waals surface area contributed by atoms with E-state index < -0.39 is 7.12 Å². The van der Waals surface area contributed by atoms with E-state index in [1.54, 1.807) is 13.2 Å². The molecule has 2 rings (SSSR count). The van der Waals surface area contributed by atoms with Crippen LogP contribution in [-0.2, 0) is 9.31 Å². The number of para-hydroxylation sites is 1. The summed E-state index contributed by atoms with van der Waals surface area (Å²) in [5.41, 5.74) is 6.58. The molecular weight excluding hydrogens is 253 g/mol. The van der Waals surface area contributed by atoms with E-state index in [1.807, 2.05) is 53.7 Å². The van der Waals surface area contributed by atoms with E-state index in [4.69, 9.17) is 19.8 Å². The molecule has 0 saturated carbocycles. The molecule has 1 aromatic carbocycles. The van der Waals surface area contributed by atoms with Crippen LogP contribution < -0.4 is 15.9 Å². The van der Waals surface area contributed by atoms with Crippen molar-refractivity contribution < 1.29 is 14.0 Å². The highest BCUT2D eigenvalue weighted by molar-refractivity contribution is 6.63. The molecule has 1 saturated heterocycles. The average molecular weight is 279 g/mol. The molecule has 1 aromatic rings. The zero-order valence-corrected chi connectivity index (χ0v) is 13.6. The first-order valence-electron chi connectivity index (χ1n) is 7.06. The summed E-state index contributed by atoms with van der Waals surface area (Å²) in [7, 11) is 1.15. The van der Waals surface area contributed by atoms with Crippen LogP contribution in [0.5, 0.6) is 5.75 Å². The lowest BCUT2D eigenvalue weighted by atomic mass is 9.78. The predicted molar refractivity (Wildman–Crippen MR) is 84.5 cm³/mol. The van der Waals surface area contributed by atoms with Gasteiger partial charge in [0.05, 0.1) is 24.0 Å². The van der Waals surface area contributed by atoms with Crippen LogP contribution >= 0.6 is 0 Å². The minimum atomic E-state index is -0.451. The number of rotatable bonds is 2. The highest BCUT2D eigenvalue weighted by Crippen LogP contribution is 2.37. The summed E-state index contributed by atoms with van der Waals surface area (Å²) in [4.78, 5) is 0. The fraction of sp³-hybridized carbons (Fsp3) is 0.600. The zero-order chi connectivity index (χ0) is 15.6. The van der Waals surface area contributed by atoms with Crippen molar-refractivity contribution in [1.29, 1.82) is 0 Å². The van der Waals surface area contributed by atoms with Crippen molar-refractivity contribution in [3.63, 3.8) is 0 Å². The van der Waals surface area contributed by atoms with Gasteiger partial charge in [-0.1, -0.05) is 26.0 Å². The van der Waals surface area contributed by atoms with Crippen LogP contribution in [0.25, 0.3) is 0 Å². The first kappa shape index (κ1) is 16.9. The van der Waals surface area contributed by atoms with Crippen LogP contribution in [0.1, 0.15) is 41.5 Å². The lowest BCUT2D eigenvalue weighted by Crippen LogP contribution is -2.41. The average Bonchev–Trinajstić information content (AvgIpc) is 2.60. The second-order valence-electron chi connectivity index (χ2n) is 5.56. The van der Waals surface area contributed by atoms with Crippen molar-refractivity contribution in [2.24, 2.45) is 0 Å². The van der Waals surface area contributed by atoms with Gasteiger partial charge in [0.25, 0.3) is 0 Å². The quantitative estimate of drug-likeness (QED) is 0.668. The molecule has 1 aliphatic heterocycles. The summed E-state index contributed by atoms with van der Waals surface area (Å²) >= 11 is 0. The van der Waals surface area contributed by atoms with E-state index in [-0.39, 0.29) is 11.2 Å². The number of hydrogen-bond acceptors (Lipinski definition) is 4. The number of hydrogen-bond donors (Lipinski definition) is 1. The minimum Gasteiger partial charge on any atom is -0.495 e. The summed E-state index contributed by atoms with van der Waals surface area (Å²) in [6.07, 6.45) is 0. The van der Waals surface area contributed by atoms with Crippen LogP contribution in [0.4, 0.5) is 5.69 Å². The van der Waals surface area contributed by atoms with Gasteiger partial charge in [0.15, 0.2) is 0 Å². The molecule has 0 spiro atoms. The summed E-state index contributed by atoms with van der Waals surface area (Å²) in [6, 6.07) is 5.59. The van der Waals surface area contributed by atoms with E-state index in [2.05, 4.69) is 0 Å². The molecule has 1 heterocycles. The number of anilines is 1. The molecule has 0 atom stereocenters. The van der Waals surface area contributed by atoms with Crippen molar-refractivity contribution in [3.8, 4) is 5.75 Å². The van der Waals surface area contributed by atoms with Crippen molar-refractivity contribution in [1.82, 2.24) is 0 Å². The molecule has 0 aromatic heterocycles. The van der Waals surface area contributed by atoms with Crippen molar-refractivity contribution in [3.05, 3.63) is 18.2 Å². The Hall–Kier alpha value is -1.20. The van der Waals surface area contributed by atoms with E-state index in [0.29, 0.717) is 11.4 Å². The SMILES string of the molecule is CC.COc1c(N)cccc1B1OC(C)(C)C(C)(C)O1. The number of ether oxygens (including phenoxy) is 1. The Morgan fingerprint density at radius 2 is 1.55 bits per heavy atom. The maximum absolute atomic E-state index is 5.99. The van der Waals surface area contributed by atoms with Gasteiger partial charge < -0.3 is 19.8 Å². The van der Waals surface area contributed by atoms with Crippen molar-refractivity contribution in [2.45, 2.75) is 52.7 Å². The smallest absolute Gasteiger partial charge is 0.495 e. The van der Waals surface area contributed by atoms with Gasteiger partial charge in [-0.3, -0.25) is 0 Å². The van der Waals surface area contributed by atoms with Crippen LogP contribution in [0.15, 0.2) is 18.2 Å². The van der Waals surface area contributed by atoms with Gasteiger partial charge >= 0.3 is 7.12 Å². The fourth-order valence-electron chi connectivity index (χ4n) is 1.96. The standard InChI is InChI=1S/C13H20BNO3.C2H6/c1-12(2)13(3,4)18-14(17-12)9-7-6-8-10(15)11(9)16-5;1-2/h6-8H,15H2,1-5H3;1-2H3. The normalized spacial score (nSPS) is 19.2. The van der Waals surface area contributed by atoms with Crippen LogP contribution in [0.3, 0.4) is 0 Å². The Morgan fingerprint density at radius 3 is 2.00 bits per heavy atom. The highest BCUT2D eigenvalue weighted by Gasteiger charge is 2.52. The first-order valence-corrected chi connectivity index (χ1v) is 7.06. The summed E-state index contributed by atoms with van der Waals surface area (Å²) in [5, 5.41) is 0. The van der Waals surface area contributed by atoms with Crippen molar-refractivity contribution >= 4 is 18.3 Å². The first-order chi connectivity index (χ1) is 9.28. The Labute approximate surface area is 122 Å². The lowest BCUT2D eigenvalue weighted by Gasteiger charge is -2.32. The molecule has 0 radical (unpaired) electrons. The Kier molecular flexibility index (Phi) is 5.11. The predicted octanol–water partition coefficient (Wildman–Crippen LogP) is 2.60. The minimum absolute atomic E-state index is 0.368. The second-order valence-corrected chi connectivity index (χ2v) is 5.56. The molecule has 20 heavy (non-hydrogen) atoms. The molecule has 0 bridgehead atoms. The number of nitrogen functional groups attached to an aromatic ring is 1. The van der Waals surface area contributed by atoms with Gasteiger partial charge in [-0.15, -0.1) is 0 Å². The van der Waals surface area contributed by atoms with Gasteiger partial charge in [0.1, 0.15) is 5.75 Å². The number of benzene rings is 1. The van der Waals surface area contributed by atoms with E-state index >= 15 is 0 Å². The third-order valence-electron chi connectivity index (χ3n) is 3.79. The van der Waals surface area contributed by atoms with Crippen LogP contribution in [0, 0.1) is 0 Å². The van der Waals surface area contributed by atoms with Gasteiger partial charge in [-0.2, -0.15) is 0 Å². The fourth-order valence-corrected chi connectivity index (χ4v) is 1.96. The largest absolute Gasteiger partial charge is 0.498 e. The molecule has 0 amide bonds. The van der Waals surface area contributed by atoms with Crippen molar-refractivity contribution in [2.75, 3.05) is 12.8 Å². The molecule has 0 aliphatic carbocycles. The van der Waals surface area contributed by atoms with E-state index in [0.717, 1.165) is 5.46 Å². The number of nitrogens with two attached hydrogens (primary N) is 1. The van der Waals surface area contributed by atoms with Gasteiger partial charge in [0, 0.05) is 5.46 Å². The summed E-state index contributed by atoms with van der Waals surface area (Å²) in [5.74, 6) is 0.621. The topological polar surface area (TPSA) is 53.7 Å². The molecule has 1 fully saturated rings.